The van der Waals surface area contributed by atoms with Gasteiger partial charge < -0.3 is 4.90 Å². The Labute approximate surface area is 117 Å². The van der Waals surface area contributed by atoms with Crippen LogP contribution in [0.2, 0.25) is 0 Å². The Morgan fingerprint density at radius 3 is 2.37 bits per heavy atom. The molecule has 4 nitrogen and oxygen atoms in total. The van der Waals surface area contributed by atoms with Crippen molar-refractivity contribution in [3.8, 4) is 0 Å². The summed E-state index contributed by atoms with van der Waals surface area (Å²) in [4.78, 5) is 22.6. The highest BCUT2D eigenvalue weighted by atomic mass is 32.2. The Morgan fingerprint density at radius 2 is 1.79 bits per heavy atom. The molecule has 100 valence electrons. The minimum atomic E-state index is -0.163. The van der Waals surface area contributed by atoms with Gasteiger partial charge in [0.2, 0.25) is 5.91 Å². The van der Waals surface area contributed by atoms with Crippen LogP contribution < -0.4 is 0 Å². The van der Waals surface area contributed by atoms with Crippen LogP contribution in [0, 0.1) is 6.92 Å². The van der Waals surface area contributed by atoms with Crippen molar-refractivity contribution in [1.29, 1.82) is 0 Å². The normalized spacial score (nSPS) is 12.4. The summed E-state index contributed by atoms with van der Waals surface area (Å²) >= 11 is 1.46. The number of para-hydroxylation sites is 2. The summed E-state index contributed by atoms with van der Waals surface area (Å²) < 4.78 is 0. The van der Waals surface area contributed by atoms with Crippen LogP contribution in [0.4, 0.5) is 0 Å². The zero-order valence-corrected chi connectivity index (χ0v) is 12.4. The van der Waals surface area contributed by atoms with E-state index in [1.807, 2.05) is 38.1 Å². The summed E-state index contributed by atoms with van der Waals surface area (Å²) in [6.45, 7) is 3.82. The number of nitrogens with zero attached hydrogens (tertiary/aromatic N) is 3. The van der Waals surface area contributed by atoms with E-state index < -0.39 is 0 Å². The largest absolute Gasteiger partial charge is 0.348 e. The summed E-state index contributed by atoms with van der Waals surface area (Å²) in [5.74, 6) is 0.0827. The second-order valence-corrected chi connectivity index (χ2v) is 5.93. The molecule has 0 saturated heterocycles. The molecule has 1 aromatic heterocycles. The smallest absolute Gasteiger partial charge is 0.235 e. The standard InChI is InChI=1S/C14H17N3OS/c1-9-13(19-10(2)14(18)17(3)4)16-12-8-6-5-7-11(12)15-9/h5-8,10H,1-4H3/t10-/m0/s1. The third kappa shape index (κ3) is 3.04. The first-order valence-electron chi connectivity index (χ1n) is 6.10. The van der Waals surface area contributed by atoms with Crippen LogP contribution in [0.25, 0.3) is 11.0 Å². The van der Waals surface area contributed by atoms with E-state index >= 15 is 0 Å². The number of aryl methyl sites for hydroxylation is 1. The average Bonchev–Trinajstić information content (AvgIpc) is 2.38. The molecule has 0 unspecified atom stereocenters. The van der Waals surface area contributed by atoms with E-state index in [-0.39, 0.29) is 11.2 Å². The molecule has 19 heavy (non-hydrogen) atoms. The molecule has 1 heterocycles. The minimum absolute atomic E-state index is 0.0827. The molecule has 0 aliphatic heterocycles. The van der Waals surface area contributed by atoms with E-state index in [0.29, 0.717) is 0 Å². The fraction of sp³-hybridized carbons (Fsp3) is 0.357. The summed E-state index contributed by atoms with van der Waals surface area (Å²) in [6, 6.07) is 7.76. The van der Waals surface area contributed by atoms with E-state index in [9.17, 15) is 4.79 Å². The van der Waals surface area contributed by atoms with Crippen LogP contribution in [0.1, 0.15) is 12.6 Å². The second-order valence-electron chi connectivity index (χ2n) is 4.60. The fourth-order valence-electron chi connectivity index (χ4n) is 1.77. The fourth-order valence-corrected chi connectivity index (χ4v) is 2.78. The summed E-state index contributed by atoms with van der Waals surface area (Å²) in [5, 5.41) is 0.658. The molecule has 0 saturated carbocycles. The first kappa shape index (κ1) is 13.8. The van der Waals surface area contributed by atoms with Crippen LogP contribution in [0.3, 0.4) is 0 Å². The van der Waals surface area contributed by atoms with Crippen molar-refractivity contribution >= 4 is 28.7 Å². The summed E-state index contributed by atoms with van der Waals surface area (Å²) in [7, 11) is 3.52. The molecule has 0 aliphatic carbocycles. The first-order valence-corrected chi connectivity index (χ1v) is 6.98. The van der Waals surface area contributed by atoms with Gasteiger partial charge in [0, 0.05) is 14.1 Å². The molecular weight excluding hydrogens is 258 g/mol. The van der Waals surface area contributed by atoms with Crippen molar-refractivity contribution in [2.45, 2.75) is 24.1 Å². The predicted molar refractivity (Wildman–Crippen MR) is 78.3 cm³/mol. The van der Waals surface area contributed by atoms with Crippen LogP contribution in [-0.2, 0) is 4.79 Å². The lowest BCUT2D eigenvalue weighted by atomic mass is 10.3. The number of thioether (sulfide) groups is 1. The number of aromatic nitrogens is 2. The van der Waals surface area contributed by atoms with Gasteiger partial charge in [-0.25, -0.2) is 9.97 Å². The Bertz CT molecular complexity index is 613. The number of hydrogen-bond donors (Lipinski definition) is 0. The number of benzene rings is 1. The van der Waals surface area contributed by atoms with Gasteiger partial charge in [-0.15, -0.1) is 0 Å². The van der Waals surface area contributed by atoms with Gasteiger partial charge in [-0.05, 0) is 26.0 Å². The number of fused-ring (bicyclic) bond motifs is 1. The van der Waals surface area contributed by atoms with Crippen LogP contribution in [-0.4, -0.2) is 40.1 Å². The Hall–Kier alpha value is -1.62. The lowest BCUT2D eigenvalue weighted by molar-refractivity contribution is -0.127. The van der Waals surface area contributed by atoms with E-state index in [2.05, 4.69) is 9.97 Å². The van der Waals surface area contributed by atoms with E-state index in [0.717, 1.165) is 21.8 Å². The molecule has 1 aromatic carbocycles. The van der Waals surface area contributed by atoms with Gasteiger partial charge in [-0.1, -0.05) is 23.9 Å². The molecule has 0 N–H and O–H groups in total. The average molecular weight is 275 g/mol. The Kier molecular flexibility index (Phi) is 4.04. The van der Waals surface area contributed by atoms with Gasteiger partial charge in [0.1, 0.15) is 5.03 Å². The molecule has 2 aromatic rings. The number of carbonyl (C=O) groups is 1. The molecule has 0 bridgehead atoms. The quantitative estimate of drug-likeness (QED) is 0.807. The van der Waals surface area contributed by atoms with Crippen LogP contribution in [0.5, 0.6) is 0 Å². The number of amides is 1. The highest BCUT2D eigenvalue weighted by molar-refractivity contribution is 8.00. The molecule has 0 fully saturated rings. The highest BCUT2D eigenvalue weighted by Gasteiger charge is 2.18. The van der Waals surface area contributed by atoms with Crippen molar-refractivity contribution in [3.05, 3.63) is 30.0 Å². The van der Waals surface area contributed by atoms with E-state index in [4.69, 9.17) is 0 Å². The number of hydrogen-bond acceptors (Lipinski definition) is 4. The van der Waals surface area contributed by atoms with E-state index in [1.54, 1.807) is 19.0 Å². The topological polar surface area (TPSA) is 46.1 Å². The number of rotatable bonds is 3. The molecule has 1 atom stereocenters. The van der Waals surface area contributed by atoms with Crippen molar-refractivity contribution in [2.24, 2.45) is 0 Å². The predicted octanol–water partition coefficient (Wildman–Crippen LogP) is 2.51. The van der Waals surface area contributed by atoms with Crippen molar-refractivity contribution in [1.82, 2.24) is 14.9 Å². The third-order valence-corrected chi connectivity index (χ3v) is 3.94. The Morgan fingerprint density at radius 1 is 1.21 bits per heavy atom. The zero-order chi connectivity index (χ0) is 14.0. The highest BCUT2D eigenvalue weighted by Crippen LogP contribution is 2.26. The molecule has 0 radical (unpaired) electrons. The maximum absolute atomic E-state index is 11.9. The van der Waals surface area contributed by atoms with Gasteiger partial charge >= 0.3 is 0 Å². The lowest BCUT2D eigenvalue weighted by Gasteiger charge is -2.16. The van der Waals surface area contributed by atoms with Crippen LogP contribution >= 0.6 is 11.8 Å². The molecule has 5 heteroatoms. The maximum Gasteiger partial charge on any atom is 0.235 e. The van der Waals surface area contributed by atoms with Crippen molar-refractivity contribution < 1.29 is 4.79 Å². The first-order chi connectivity index (χ1) is 8.99. The summed E-state index contributed by atoms with van der Waals surface area (Å²) in [5.41, 5.74) is 2.61. The molecule has 0 spiro atoms. The van der Waals surface area contributed by atoms with Gasteiger partial charge in [-0.3, -0.25) is 4.79 Å². The van der Waals surface area contributed by atoms with Crippen molar-refractivity contribution in [2.75, 3.05) is 14.1 Å². The SMILES string of the molecule is Cc1nc2ccccc2nc1S[C@@H](C)C(=O)N(C)C. The molecule has 2 rings (SSSR count). The summed E-state index contributed by atoms with van der Waals surface area (Å²) in [6.07, 6.45) is 0. The van der Waals surface area contributed by atoms with Gasteiger partial charge in [0.05, 0.1) is 22.0 Å². The van der Waals surface area contributed by atoms with Crippen LogP contribution in [0.15, 0.2) is 29.3 Å². The van der Waals surface area contributed by atoms with Gasteiger partial charge in [0.15, 0.2) is 0 Å². The third-order valence-electron chi connectivity index (χ3n) is 2.78. The minimum Gasteiger partial charge on any atom is -0.348 e. The Balaban J connectivity index is 2.30. The van der Waals surface area contributed by atoms with E-state index in [1.165, 1.54) is 11.8 Å². The molecular formula is C14H17N3OS. The monoisotopic (exact) mass is 275 g/mol. The zero-order valence-electron chi connectivity index (χ0n) is 11.5. The van der Waals surface area contributed by atoms with Gasteiger partial charge in [-0.2, -0.15) is 0 Å². The maximum atomic E-state index is 11.9. The molecule has 0 aliphatic rings. The lowest BCUT2D eigenvalue weighted by Crippen LogP contribution is -2.29. The number of carbonyl (C=O) groups excluding carboxylic acids is 1. The van der Waals surface area contributed by atoms with Gasteiger partial charge in [0.25, 0.3) is 0 Å². The second kappa shape index (κ2) is 5.57. The molecule has 1 amide bonds. The van der Waals surface area contributed by atoms with Crippen molar-refractivity contribution in [3.63, 3.8) is 0 Å².